The first-order chi connectivity index (χ1) is 12.5. The molecule has 0 saturated carbocycles. The molecular weight excluding hydrogens is 358 g/mol. The van der Waals surface area contributed by atoms with Gasteiger partial charge in [0, 0.05) is 17.8 Å². The normalized spacial score (nSPS) is 10.3. The standard InChI is InChI=1S/C19H20ClNO5/c1-13-11-16(7-8-17(13)20)26-12-18(22)21-15-5-3-14(4-6-15)19(23)25-10-9-24-2/h3-8,11H,9-10,12H2,1-2H3,(H,21,22). The summed E-state index contributed by atoms with van der Waals surface area (Å²) in [4.78, 5) is 23.7. The van der Waals surface area contributed by atoms with Gasteiger partial charge < -0.3 is 19.5 Å². The lowest BCUT2D eigenvalue weighted by Gasteiger charge is -2.09. The van der Waals surface area contributed by atoms with E-state index in [0.29, 0.717) is 28.6 Å². The lowest BCUT2D eigenvalue weighted by molar-refractivity contribution is -0.118. The highest BCUT2D eigenvalue weighted by molar-refractivity contribution is 6.31. The monoisotopic (exact) mass is 377 g/mol. The van der Waals surface area contributed by atoms with Crippen LogP contribution in [0.2, 0.25) is 5.02 Å². The SMILES string of the molecule is COCCOC(=O)c1ccc(NC(=O)COc2ccc(Cl)c(C)c2)cc1. The van der Waals surface area contributed by atoms with Crippen molar-refractivity contribution in [1.29, 1.82) is 0 Å². The quantitative estimate of drug-likeness (QED) is 0.563. The van der Waals surface area contributed by atoms with Crippen molar-refractivity contribution in [3.05, 3.63) is 58.6 Å². The van der Waals surface area contributed by atoms with Gasteiger partial charge in [-0.15, -0.1) is 0 Å². The van der Waals surface area contributed by atoms with Crippen molar-refractivity contribution in [2.45, 2.75) is 6.92 Å². The van der Waals surface area contributed by atoms with Gasteiger partial charge in [0.1, 0.15) is 12.4 Å². The van der Waals surface area contributed by atoms with Crippen LogP contribution < -0.4 is 10.1 Å². The number of ether oxygens (including phenoxy) is 3. The molecule has 0 atom stereocenters. The molecule has 0 radical (unpaired) electrons. The lowest BCUT2D eigenvalue weighted by Crippen LogP contribution is -2.20. The third kappa shape index (κ3) is 6.06. The number of hydrogen-bond donors (Lipinski definition) is 1. The minimum Gasteiger partial charge on any atom is -0.484 e. The number of benzene rings is 2. The average Bonchev–Trinajstić information content (AvgIpc) is 2.63. The Balaban J connectivity index is 1.83. The average molecular weight is 378 g/mol. The van der Waals surface area contributed by atoms with Crippen LogP contribution in [0, 0.1) is 6.92 Å². The summed E-state index contributed by atoms with van der Waals surface area (Å²) in [6.07, 6.45) is 0. The summed E-state index contributed by atoms with van der Waals surface area (Å²) in [6, 6.07) is 11.6. The van der Waals surface area contributed by atoms with Crippen molar-refractivity contribution in [1.82, 2.24) is 0 Å². The van der Waals surface area contributed by atoms with E-state index in [4.69, 9.17) is 25.8 Å². The first-order valence-electron chi connectivity index (χ1n) is 7.94. The van der Waals surface area contributed by atoms with Gasteiger partial charge in [-0.3, -0.25) is 4.79 Å². The van der Waals surface area contributed by atoms with Crippen molar-refractivity contribution >= 4 is 29.2 Å². The summed E-state index contributed by atoms with van der Waals surface area (Å²) in [5, 5.41) is 3.34. The number of nitrogens with one attached hydrogen (secondary N) is 1. The van der Waals surface area contributed by atoms with Gasteiger partial charge in [-0.05, 0) is 55.0 Å². The molecule has 0 unspecified atom stereocenters. The Hall–Kier alpha value is -2.57. The minimum absolute atomic E-state index is 0.137. The summed E-state index contributed by atoms with van der Waals surface area (Å²) in [6.45, 7) is 2.25. The van der Waals surface area contributed by atoms with Gasteiger partial charge in [-0.25, -0.2) is 4.79 Å². The molecule has 0 aliphatic rings. The maximum atomic E-state index is 12.0. The van der Waals surface area contributed by atoms with E-state index in [0.717, 1.165) is 5.56 Å². The Morgan fingerprint density at radius 3 is 2.46 bits per heavy atom. The number of amides is 1. The number of anilines is 1. The predicted octanol–water partition coefficient (Wildman–Crippen LogP) is 3.47. The molecule has 1 N–H and O–H groups in total. The number of aryl methyl sites for hydroxylation is 1. The largest absolute Gasteiger partial charge is 0.484 e. The Labute approximate surface area is 157 Å². The Kier molecular flexibility index (Phi) is 7.44. The lowest BCUT2D eigenvalue weighted by atomic mass is 10.2. The molecule has 0 aromatic heterocycles. The van der Waals surface area contributed by atoms with Gasteiger partial charge in [0.15, 0.2) is 6.61 Å². The molecule has 1 amide bonds. The highest BCUT2D eigenvalue weighted by atomic mass is 35.5. The molecule has 0 fully saturated rings. The molecule has 0 saturated heterocycles. The van der Waals surface area contributed by atoms with Gasteiger partial charge in [0.05, 0.1) is 12.2 Å². The number of methoxy groups -OCH3 is 1. The van der Waals surface area contributed by atoms with Crippen LogP contribution in [0.1, 0.15) is 15.9 Å². The van der Waals surface area contributed by atoms with Gasteiger partial charge >= 0.3 is 5.97 Å². The summed E-state index contributed by atoms with van der Waals surface area (Å²) in [7, 11) is 1.53. The molecule has 2 rings (SSSR count). The highest BCUT2D eigenvalue weighted by Crippen LogP contribution is 2.21. The van der Waals surface area contributed by atoms with Crippen LogP contribution in [0.4, 0.5) is 5.69 Å². The number of esters is 1. The predicted molar refractivity (Wildman–Crippen MR) is 98.9 cm³/mol. The minimum atomic E-state index is -0.443. The molecule has 6 nitrogen and oxygen atoms in total. The maximum Gasteiger partial charge on any atom is 0.338 e. The van der Waals surface area contributed by atoms with Crippen LogP contribution in [0.3, 0.4) is 0 Å². The molecule has 0 bridgehead atoms. The van der Waals surface area contributed by atoms with Crippen molar-refractivity contribution in [2.75, 3.05) is 32.2 Å². The zero-order valence-electron chi connectivity index (χ0n) is 14.6. The highest BCUT2D eigenvalue weighted by Gasteiger charge is 2.08. The topological polar surface area (TPSA) is 73.9 Å². The van der Waals surface area contributed by atoms with Crippen molar-refractivity contribution < 1.29 is 23.8 Å². The first-order valence-corrected chi connectivity index (χ1v) is 8.32. The fourth-order valence-electron chi connectivity index (χ4n) is 2.04. The van der Waals surface area contributed by atoms with Gasteiger partial charge in [-0.2, -0.15) is 0 Å². The summed E-state index contributed by atoms with van der Waals surface area (Å²) in [5.41, 5.74) is 1.82. The first kappa shape index (κ1) is 19.8. The summed E-state index contributed by atoms with van der Waals surface area (Å²) >= 11 is 5.95. The van der Waals surface area contributed by atoms with Crippen LogP contribution in [0.5, 0.6) is 5.75 Å². The van der Waals surface area contributed by atoms with E-state index in [1.165, 1.54) is 7.11 Å². The second-order valence-corrected chi connectivity index (χ2v) is 5.86. The van der Waals surface area contributed by atoms with E-state index in [1.54, 1.807) is 42.5 Å². The van der Waals surface area contributed by atoms with Gasteiger partial charge in [0.2, 0.25) is 0 Å². The Morgan fingerprint density at radius 2 is 1.81 bits per heavy atom. The van der Waals surface area contributed by atoms with E-state index >= 15 is 0 Å². The fourth-order valence-corrected chi connectivity index (χ4v) is 2.16. The number of hydrogen-bond acceptors (Lipinski definition) is 5. The molecular formula is C19H20ClNO5. The molecule has 0 aliphatic heterocycles. The molecule has 138 valence electrons. The van der Waals surface area contributed by atoms with Crippen molar-refractivity contribution in [3.63, 3.8) is 0 Å². The third-order valence-corrected chi connectivity index (χ3v) is 3.85. The van der Waals surface area contributed by atoms with Crippen LogP contribution in [-0.2, 0) is 14.3 Å². The number of rotatable bonds is 8. The second kappa shape index (κ2) is 9.79. The van der Waals surface area contributed by atoms with Crippen LogP contribution >= 0.6 is 11.6 Å². The molecule has 26 heavy (non-hydrogen) atoms. The number of halogens is 1. The zero-order chi connectivity index (χ0) is 18.9. The van der Waals surface area contributed by atoms with Crippen LogP contribution in [-0.4, -0.2) is 38.8 Å². The fraction of sp³-hybridized carbons (Fsp3) is 0.263. The number of carbonyl (C=O) groups is 2. The number of carbonyl (C=O) groups excluding carboxylic acids is 2. The van der Waals surface area contributed by atoms with E-state index in [9.17, 15) is 9.59 Å². The Bertz CT molecular complexity index is 761. The molecule has 7 heteroatoms. The van der Waals surface area contributed by atoms with Gasteiger partial charge in [-0.1, -0.05) is 11.6 Å². The van der Waals surface area contributed by atoms with Crippen molar-refractivity contribution in [3.8, 4) is 5.75 Å². The van der Waals surface area contributed by atoms with Crippen LogP contribution in [0.15, 0.2) is 42.5 Å². The van der Waals surface area contributed by atoms with E-state index in [2.05, 4.69) is 5.32 Å². The van der Waals surface area contributed by atoms with Gasteiger partial charge in [0.25, 0.3) is 5.91 Å². The maximum absolute atomic E-state index is 12.0. The van der Waals surface area contributed by atoms with E-state index < -0.39 is 5.97 Å². The van der Waals surface area contributed by atoms with Crippen LogP contribution in [0.25, 0.3) is 0 Å². The molecule has 0 heterocycles. The molecule has 2 aromatic carbocycles. The smallest absolute Gasteiger partial charge is 0.338 e. The molecule has 0 spiro atoms. The molecule has 0 aliphatic carbocycles. The summed E-state index contributed by atoms with van der Waals surface area (Å²) < 4.78 is 15.3. The second-order valence-electron chi connectivity index (χ2n) is 5.45. The zero-order valence-corrected chi connectivity index (χ0v) is 15.3. The Morgan fingerprint density at radius 1 is 1.08 bits per heavy atom. The van der Waals surface area contributed by atoms with Crippen molar-refractivity contribution in [2.24, 2.45) is 0 Å². The summed E-state index contributed by atoms with van der Waals surface area (Å²) in [5.74, 6) is -0.189. The third-order valence-electron chi connectivity index (χ3n) is 3.42. The van der Waals surface area contributed by atoms with E-state index in [-0.39, 0.29) is 19.1 Å². The van der Waals surface area contributed by atoms with E-state index in [1.807, 2.05) is 6.92 Å². The molecule has 2 aromatic rings.